The summed E-state index contributed by atoms with van der Waals surface area (Å²) in [6, 6.07) is 11.6. The van der Waals surface area contributed by atoms with E-state index in [0.29, 0.717) is 46.4 Å². The molecule has 1 unspecified atom stereocenters. The SMILES string of the molecule is CCC1=C(C(=O)OC)C(c2ccc(OCc3ccc(Cl)cc3)c(OC)c2)NC(=O)N1. The molecule has 3 rings (SSSR count). The van der Waals surface area contributed by atoms with Crippen LogP contribution in [-0.4, -0.2) is 26.2 Å². The molecular weight excluding hydrogens is 408 g/mol. The number of allylic oxidation sites excluding steroid dienone is 1. The number of carbonyl (C=O) groups excluding carboxylic acids is 2. The van der Waals surface area contributed by atoms with Crippen LogP contribution < -0.4 is 20.1 Å². The second kappa shape index (κ2) is 9.54. The zero-order valence-corrected chi connectivity index (χ0v) is 17.7. The number of hydrogen-bond donors (Lipinski definition) is 2. The van der Waals surface area contributed by atoms with Crippen LogP contribution in [-0.2, 0) is 16.1 Å². The van der Waals surface area contributed by atoms with E-state index in [2.05, 4.69) is 10.6 Å². The lowest BCUT2D eigenvalue weighted by molar-refractivity contribution is -0.136. The number of urea groups is 1. The zero-order chi connectivity index (χ0) is 21.7. The Hall–Kier alpha value is -3.19. The molecular formula is C22H23ClN2O5. The van der Waals surface area contributed by atoms with Crippen LogP contribution in [0.4, 0.5) is 4.79 Å². The number of amides is 2. The maximum absolute atomic E-state index is 12.4. The summed E-state index contributed by atoms with van der Waals surface area (Å²) < 4.78 is 16.3. The van der Waals surface area contributed by atoms with Crippen molar-refractivity contribution in [3.63, 3.8) is 0 Å². The van der Waals surface area contributed by atoms with E-state index in [0.717, 1.165) is 5.56 Å². The van der Waals surface area contributed by atoms with Gasteiger partial charge in [0, 0.05) is 10.7 Å². The molecule has 0 aromatic heterocycles. The third kappa shape index (κ3) is 4.68. The van der Waals surface area contributed by atoms with Crippen LogP contribution >= 0.6 is 11.6 Å². The number of ether oxygens (including phenoxy) is 3. The molecule has 1 aliphatic rings. The van der Waals surface area contributed by atoms with Crippen LogP contribution in [0.3, 0.4) is 0 Å². The first-order valence-corrected chi connectivity index (χ1v) is 9.78. The van der Waals surface area contributed by atoms with Gasteiger partial charge in [-0.2, -0.15) is 0 Å². The first-order valence-electron chi connectivity index (χ1n) is 9.40. The van der Waals surface area contributed by atoms with Crippen molar-refractivity contribution < 1.29 is 23.8 Å². The van der Waals surface area contributed by atoms with Gasteiger partial charge in [0.1, 0.15) is 6.61 Å². The highest BCUT2D eigenvalue weighted by Gasteiger charge is 2.33. The van der Waals surface area contributed by atoms with Crippen LogP contribution in [0.5, 0.6) is 11.5 Å². The molecule has 2 N–H and O–H groups in total. The van der Waals surface area contributed by atoms with Crippen molar-refractivity contribution in [3.05, 3.63) is 69.9 Å². The van der Waals surface area contributed by atoms with Gasteiger partial charge in [-0.1, -0.05) is 36.7 Å². The van der Waals surface area contributed by atoms with Crippen molar-refractivity contribution in [1.29, 1.82) is 0 Å². The van der Waals surface area contributed by atoms with E-state index in [-0.39, 0.29) is 6.03 Å². The number of hydrogen-bond acceptors (Lipinski definition) is 5. The standard InChI is InChI=1S/C22H23ClN2O5/c1-4-16-19(21(26)29-3)20(25-22(27)24-16)14-7-10-17(18(11-14)28-2)30-12-13-5-8-15(23)9-6-13/h5-11,20H,4,12H2,1-3H3,(H2,24,25,27). The fourth-order valence-corrected chi connectivity index (χ4v) is 3.35. The molecule has 1 aliphatic heterocycles. The van der Waals surface area contributed by atoms with Crippen LogP contribution in [0.25, 0.3) is 0 Å². The predicted octanol–water partition coefficient (Wildman–Crippen LogP) is 4.12. The molecule has 7 nitrogen and oxygen atoms in total. The quantitative estimate of drug-likeness (QED) is 0.645. The summed E-state index contributed by atoms with van der Waals surface area (Å²) >= 11 is 5.91. The number of nitrogens with one attached hydrogen (secondary N) is 2. The summed E-state index contributed by atoms with van der Waals surface area (Å²) in [5.74, 6) is 0.513. The fraction of sp³-hybridized carbons (Fsp3) is 0.273. The van der Waals surface area contributed by atoms with Crippen LogP contribution in [0, 0.1) is 0 Å². The first kappa shape index (κ1) is 21.5. The number of halogens is 1. The summed E-state index contributed by atoms with van der Waals surface area (Å²) in [6.07, 6.45) is 0.480. The largest absolute Gasteiger partial charge is 0.493 e. The maximum atomic E-state index is 12.4. The lowest BCUT2D eigenvalue weighted by Gasteiger charge is -2.29. The Morgan fingerprint density at radius 3 is 2.47 bits per heavy atom. The monoisotopic (exact) mass is 430 g/mol. The van der Waals surface area contributed by atoms with E-state index in [1.165, 1.54) is 14.2 Å². The topological polar surface area (TPSA) is 85.9 Å². The number of benzene rings is 2. The molecule has 0 saturated carbocycles. The van der Waals surface area contributed by atoms with E-state index < -0.39 is 12.0 Å². The van der Waals surface area contributed by atoms with Crippen LogP contribution in [0.2, 0.25) is 5.02 Å². The Balaban J connectivity index is 1.89. The molecule has 0 radical (unpaired) electrons. The molecule has 0 bridgehead atoms. The normalized spacial score (nSPS) is 15.9. The van der Waals surface area contributed by atoms with E-state index in [1.807, 2.05) is 19.1 Å². The van der Waals surface area contributed by atoms with Gasteiger partial charge in [-0.25, -0.2) is 9.59 Å². The van der Waals surface area contributed by atoms with Crippen molar-refractivity contribution in [3.8, 4) is 11.5 Å². The van der Waals surface area contributed by atoms with Gasteiger partial charge in [0.25, 0.3) is 0 Å². The first-order chi connectivity index (χ1) is 14.5. The summed E-state index contributed by atoms with van der Waals surface area (Å²) in [5, 5.41) is 6.11. The maximum Gasteiger partial charge on any atom is 0.337 e. The van der Waals surface area contributed by atoms with Gasteiger partial charge in [-0.15, -0.1) is 0 Å². The molecule has 1 atom stereocenters. The smallest absolute Gasteiger partial charge is 0.337 e. The average Bonchev–Trinajstić information content (AvgIpc) is 2.77. The summed E-state index contributed by atoms with van der Waals surface area (Å²) in [7, 11) is 2.84. The third-order valence-corrected chi connectivity index (χ3v) is 4.99. The minimum atomic E-state index is -0.666. The van der Waals surface area contributed by atoms with Crippen molar-refractivity contribution in [2.75, 3.05) is 14.2 Å². The number of rotatable bonds is 7. The van der Waals surface area contributed by atoms with Crippen molar-refractivity contribution in [2.24, 2.45) is 0 Å². The molecule has 2 amide bonds. The Kier molecular flexibility index (Phi) is 6.84. The Morgan fingerprint density at radius 2 is 1.83 bits per heavy atom. The fourth-order valence-electron chi connectivity index (χ4n) is 3.22. The van der Waals surface area contributed by atoms with Gasteiger partial charge in [0.2, 0.25) is 0 Å². The molecule has 0 aliphatic carbocycles. The van der Waals surface area contributed by atoms with Gasteiger partial charge in [-0.05, 0) is 41.8 Å². The van der Waals surface area contributed by atoms with Crippen molar-refractivity contribution in [2.45, 2.75) is 26.0 Å². The lowest BCUT2D eigenvalue weighted by Crippen LogP contribution is -2.45. The molecule has 30 heavy (non-hydrogen) atoms. The van der Waals surface area contributed by atoms with Crippen LogP contribution in [0.1, 0.15) is 30.5 Å². The van der Waals surface area contributed by atoms with Gasteiger partial charge < -0.3 is 24.8 Å². The van der Waals surface area contributed by atoms with E-state index in [4.69, 9.17) is 25.8 Å². The summed E-state index contributed by atoms with van der Waals surface area (Å²) in [5.41, 5.74) is 2.51. The number of carbonyl (C=O) groups is 2. The highest BCUT2D eigenvalue weighted by Crippen LogP contribution is 2.35. The second-order valence-corrected chi connectivity index (χ2v) is 7.03. The highest BCUT2D eigenvalue weighted by molar-refractivity contribution is 6.30. The van der Waals surface area contributed by atoms with E-state index in [9.17, 15) is 9.59 Å². The van der Waals surface area contributed by atoms with Gasteiger partial charge in [-0.3, -0.25) is 0 Å². The number of esters is 1. The van der Waals surface area contributed by atoms with E-state index in [1.54, 1.807) is 30.3 Å². The molecule has 0 spiro atoms. The molecule has 1 heterocycles. The molecule has 0 saturated heterocycles. The van der Waals surface area contributed by atoms with Gasteiger partial charge in [0.15, 0.2) is 11.5 Å². The Morgan fingerprint density at radius 1 is 1.10 bits per heavy atom. The number of methoxy groups -OCH3 is 2. The zero-order valence-electron chi connectivity index (χ0n) is 17.0. The highest BCUT2D eigenvalue weighted by atomic mass is 35.5. The Bertz CT molecular complexity index is 972. The van der Waals surface area contributed by atoms with Gasteiger partial charge >= 0.3 is 12.0 Å². The van der Waals surface area contributed by atoms with Crippen molar-refractivity contribution in [1.82, 2.24) is 10.6 Å². The predicted molar refractivity (Wildman–Crippen MR) is 113 cm³/mol. The van der Waals surface area contributed by atoms with E-state index >= 15 is 0 Å². The summed E-state index contributed by atoms with van der Waals surface area (Å²) in [4.78, 5) is 24.5. The second-order valence-electron chi connectivity index (χ2n) is 6.59. The minimum absolute atomic E-state index is 0.338. The molecule has 8 heteroatoms. The molecule has 0 fully saturated rings. The summed E-state index contributed by atoms with van der Waals surface area (Å²) in [6.45, 7) is 2.19. The van der Waals surface area contributed by atoms with Gasteiger partial charge in [0.05, 0.1) is 25.8 Å². The molecule has 158 valence electrons. The minimum Gasteiger partial charge on any atom is -0.493 e. The van der Waals surface area contributed by atoms with Crippen LogP contribution in [0.15, 0.2) is 53.7 Å². The third-order valence-electron chi connectivity index (χ3n) is 4.74. The Labute approximate surface area is 180 Å². The molecule has 2 aromatic rings. The van der Waals surface area contributed by atoms with Crippen molar-refractivity contribution >= 4 is 23.6 Å². The lowest BCUT2D eigenvalue weighted by atomic mass is 9.94. The molecule has 2 aromatic carbocycles. The average molecular weight is 431 g/mol.